The lowest BCUT2D eigenvalue weighted by molar-refractivity contribution is -0.132. The number of amides is 3. The third-order valence-corrected chi connectivity index (χ3v) is 5.38. The number of rotatable bonds is 4. The Bertz CT molecular complexity index is 746. The minimum atomic E-state index is -1.26. The molecule has 1 aromatic rings. The van der Waals surface area contributed by atoms with E-state index in [1.807, 2.05) is 0 Å². The van der Waals surface area contributed by atoms with Crippen molar-refractivity contribution >= 4 is 11.9 Å². The maximum Gasteiger partial charge on any atom is 0.317 e. The molecule has 0 unspecified atom stereocenters. The van der Waals surface area contributed by atoms with Gasteiger partial charge in [-0.05, 0) is 24.5 Å². The Morgan fingerprint density at radius 3 is 2.63 bits per heavy atom. The standard InChI is InChI=1S/C18H23F3N4O2/c1-23-18(27)24-8-10-2-3-25(16(10)9-24)17(26)6-12(22)4-11-5-14(20)15(21)7-13(11)19/h5,7,10,12,16H,2-4,6,8-9,22H2,1H3,(H,23,27)/t10-,12+,16+/m0/s1. The molecule has 2 aliphatic rings. The SMILES string of the molecule is CNC(=O)N1C[C@@H]2CCN(C(=O)C[C@H](N)Cc3cc(F)c(F)cc3F)[C@@H]2C1. The Balaban J connectivity index is 1.59. The lowest BCUT2D eigenvalue weighted by atomic mass is 10.0. The van der Waals surface area contributed by atoms with Crippen LogP contribution >= 0.6 is 0 Å². The second-order valence-corrected chi connectivity index (χ2v) is 7.19. The Morgan fingerprint density at radius 2 is 1.93 bits per heavy atom. The highest BCUT2D eigenvalue weighted by molar-refractivity contribution is 5.78. The number of nitrogens with one attached hydrogen (secondary N) is 1. The molecule has 2 heterocycles. The van der Waals surface area contributed by atoms with Gasteiger partial charge in [0.05, 0.1) is 6.04 Å². The summed E-state index contributed by atoms with van der Waals surface area (Å²) in [6.45, 7) is 1.69. The number of carbonyl (C=O) groups excluding carboxylic acids is 2. The first-order chi connectivity index (χ1) is 12.8. The van der Waals surface area contributed by atoms with Crippen molar-refractivity contribution in [3.63, 3.8) is 0 Å². The zero-order valence-electron chi connectivity index (χ0n) is 15.1. The van der Waals surface area contributed by atoms with Crippen molar-refractivity contribution in [1.29, 1.82) is 0 Å². The van der Waals surface area contributed by atoms with Crippen LogP contribution in [0.5, 0.6) is 0 Å². The molecule has 2 fully saturated rings. The predicted molar refractivity (Wildman–Crippen MR) is 92.2 cm³/mol. The molecule has 3 amide bonds. The van der Waals surface area contributed by atoms with Gasteiger partial charge in [0, 0.05) is 51.1 Å². The van der Waals surface area contributed by atoms with E-state index in [1.54, 1.807) is 16.8 Å². The van der Waals surface area contributed by atoms with Crippen molar-refractivity contribution in [2.24, 2.45) is 11.7 Å². The number of fused-ring (bicyclic) bond motifs is 1. The van der Waals surface area contributed by atoms with Gasteiger partial charge in [-0.1, -0.05) is 0 Å². The molecule has 3 atom stereocenters. The Morgan fingerprint density at radius 1 is 1.22 bits per heavy atom. The third kappa shape index (κ3) is 4.02. The Hall–Kier alpha value is -2.29. The summed E-state index contributed by atoms with van der Waals surface area (Å²) in [7, 11) is 1.57. The summed E-state index contributed by atoms with van der Waals surface area (Å²) in [4.78, 5) is 27.8. The fraction of sp³-hybridized carbons (Fsp3) is 0.556. The molecule has 2 aliphatic heterocycles. The summed E-state index contributed by atoms with van der Waals surface area (Å²) in [5, 5.41) is 2.58. The molecular formula is C18H23F3N4O2. The molecule has 0 saturated carbocycles. The lowest BCUT2D eigenvalue weighted by Gasteiger charge is -2.26. The van der Waals surface area contributed by atoms with Gasteiger partial charge in [0.15, 0.2) is 11.6 Å². The maximum atomic E-state index is 13.8. The molecule has 3 N–H and O–H groups in total. The van der Waals surface area contributed by atoms with Gasteiger partial charge in [-0.3, -0.25) is 4.79 Å². The minimum Gasteiger partial charge on any atom is -0.341 e. The van der Waals surface area contributed by atoms with E-state index in [-0.39, 0.29) is 42.3 Å². The average Bonchev–Trinajstić information content (AvgIpc) is 3.19. The van der Waals surface area contributed by atoms with E-state index in [4.69, 9.17) is 5.73 Å². The molecule has 9 heteroatoms. The first kappa shape index (κ1) is 19.5. The van der Waals surface area contributed by atoms with Crippen LogP contribution in [0, 0.1) is 23.4 Å². The summed E-state index contributed by atoms with van der Waals surface area (Å²) < 4.78 is 40.1. The molecule has 6 nitrogen and oxygen atoms in total. The van der Waals surface area contributed by atoms with E-state index in [0.29, 0.717) is 25.7 Å². The second-order valence-electron chi connectivity index (χ2n) is 7.19. The summed E-state index contributed by atoms with van der Waals surface area (Å²) in [5.41, 5.74) is 5.91. The minimum absolute atomic E-state index is 0.0262. The van der Waals surface area contributed by atoms with Crippen LogP contribution in [0.2, 0.25) is 0 Å². The number of hydrogen-bond donors (Lipinski definition) is 2. The molecule has 0 radical (unpaired) electrons. The summed E-state index contributed by atoms with van der Waals surface area (Å²) in [5.74, 6) is -3.21. The summed E-state index contributed by atoms with van der Waals surface area (Å²) in [6.07, 6.45) is 0.722. The molecule has 0 aromatic heterocycles. The van der Waals surface area contributed by atoms with Gasteiger partial charge in [-0.25, -0.2) is 18.0 Å². The fourth-order valence-electron chi connectivity index (χ4n) is 4.01. The van der Waals surface area contributed by atoms with Crippen LogP contribution < -0.4 is 11.1 Å². The Labute approximate surface area is 155 Å². The summed E-state index contributed by atoms with van der Waals surface area (Å²) in [6, 6.07) is 0.339. The number of halogens is 3. The van der Waals surface area contributed by atoms with Gasteiger partial charge in [-0.15, -0.1) is 0 Å². The number of hydrogen-bond acceptors (Lipinski definition) is 3. The molecule has 2 saturated heterocycles. The summed E-state index contributed by atoms with van der Waals surface area (Å²) >= 11 is 0. The topological polar surface area (TPSA) is 78.7 Å². The average molecular weight is 384 g/mol. The van der Waals surface area contributed by atoms with Crippen molar-refractivity contribution in [3.05, 3.63) is 35.1 Å². The first-order valence-electron chi connectivity index (χ1n) is 8.95. The van der Waals surface area contributed by atoms with Crippen LogP contribution in [0.15, 0.2) is 12.1 Å². The highest BCUT2D eigenvalue weighted by atomic mass is 19.2. The largest absolute Gasteiger partial charge is 0.341 e. The number of nitrogens with two attached hydrogens (primary N) is 1. The van der Waals surface area contributed by atoms with Crippen molar-refractivity contribution in [3.8, 4) is 0 Å². The van der Waals surface area contributed by atoms with Gasteiger partial charge in [0.1, 0.15) is 5.82 Å². The van der Waals surface area contributed by atoms with Gasteiger partial charge in [0.25, 0.3) is 0 Å². The van der Waals surface area contributed by atoms with E-state index in [0.717, 1.165) is 12.5 Å². The zero-order valence-corrected chi connectivity index (χ0v) is 15.1. The van der Waals surface area contributed by atoms with Crippen LogP contribution in [-0.4, -0.2) is 60.5 Å². The lowest BCUT2D eigenvalue weighted by Crippen LogP contribution is -2.44. The van der Waals surface area contributed by atoms with Crippen molar-refractivity contribution in [2.45, 2.75) is 31.3 Å². The molecule has 0 spiro atoms. The second kappa shape index (κ2) is 7.75. The molecule has 1 aromatic carbocycles. The van der Waals surface area contributed by atoms with E-state index in [1.165, 1.54) is 0 Å². The van der Waals surface area contributed by atoms with E-state index >= 15 is 0 Å². The fourth-order valence-corrected chi connectivity index (χ4v) is 4.01. The monoisotopic (exact) mass is 384 g/mol. The predicted octanol–water partition coefficient (Wildman–Crippen LogP) is 1.24. The smallest absolute Gasteiger partial charge is 0.317 e. The first-order valence-corrected chi connectivity index (χ1v) is 8.95. The maximum absolute atomic E-state index is 13.8. The van der Waals surface area contributed by atoms with Crippen molar-refractivity contribution < 1.29 is 22.8 Å². The Kier molecular flexibility index (Phi) is 5.59. The molecule has 0 bridgehead atoms. The van der Waals surface area contributed by atoms with Gasteiger partial charge >= 0.3 is 6.03 Å². The van der Waals surface area contributed by atoms with Crippen LogP contribution in [0.1, 0.15) is 18.4 Å². The highest BCUT2D eigenvalue weighted by Crippen LogP contribution is 2.32. The highest BCUT2D eigenvalue weighted by Gasteiger charge is 2.44. The number of likely N-dealkylation sites (tertiary alicyclic amines) is 2. The number of benzene rings is 1. The zero-order chi connectivity index (χ0) is 19.7. The van der Waals surface area contributed by atoms with Gasteiger partial charge < -0.3 is 20.9 Å². The van der Waals surface area contributed by atoms with Crippen molar-refractivity contribution in [2.75, 3.05) is 26.7 Å². The van der Waals surface area contributed by atoms with Crippen LogP contribution in [-0.2, 0) is 11.2 Å². The molecule has 3 rings (SSSR count). The van der Waals surface area contributed by atoms with Crippen LogP contribution in [0.25, 0.3) is 0 Å². The van der Waals surface area contributed by atoms with Crippen LogP contribution in [0.3, 0.4) is 0 Å². The van der Waals surface area contributed by atoms with Crippen LogP contribution in [0.4, 0.5) is 18.0 Å². The molecule has 148 valence electrons. The van der Waals surface area contributed by atoms with Crippen molar-refractivity contribution in [1.82, 2.24) is 15.1 Å². The number of nitrogens with zero attached hydrogens (tertiary/aromatic N) is 2. The van der Waals surface area contributed by atoms with E-state index in [9.17, 15) is 22.8 Å². The van der Waals surface area contributed by atoms with Gasteiger partial charge in [0.2, 0.25) is 5.91 Å². The quantitative estimate of drug-likeness (QED) is 0.767. The number of urea groups is 1. The van der Waals surface area contributed by atoms with E-state index < -0.39 is 23.5 Å². The van der Waals surface area contributed by atoms with Gasteiger partial charge in [-0.2, -0.15) is 0 Å². The third-order valence-electron chi connectivity index (χ3n) is 5.38. The molecular weight excluding hydrogens is 361 g/mol. The number of carbonyl (C=O) groups is 2. The molecule has 27 heavy (non-hydrogen) atoms. The van der Waals surface area contributed by atoms with E-state index in [2.05, 4.69) is 5.32 Å². The molecule has 0 aliphatic carbocycles. The normalized spacial score (nSPS) is 22.7.